The molecule has 0 aliphatic heterocycles. The van der Waals surface area contributed by atoms with Crippen molar-refractivity contribution in [3.63, 3.8) is 0 Å². The zero-order valence-electron chi connectivity index (χ0n) is 12.0. The van der Waals surface area contributed by atoms with Crippen LogP contribution in [-0.4, -0.2) is 5.84 Å². The summed E-state index contributed by atoms with van der Waals surface area (Å²) in [6.45, 7) is 0.241. The van der Waals surface area contributed by atoms with Crippen molar-refractivity contribution in [2.45, 2.75) is 6.61 Å². The molecule has 3 aromatic rings. The first kappa shape index (κ1) is 15.0. The van der Waals surface area contributed by atoms with E-state index < -0.39 is 5.82 Å². The molecular formula is C17H12FN3OS. The molecule has 114 valence electrons. The molecule has 0 saturated heterocycles. The summed E-state index contributed by atoms with van der Waals surface area (Å²) < 4.78 is 20.0. The summed E-state index contributed by atoms with van der Waals surface area (Å²) in [5.41, 5.74) is 6.22. The average molecular weight is 325 g/mol. The van der Waals surface area contributed by atoms with Gasteiger partial charge in [0.2, 0.25) is 0 Å². The molecule has 0 fully saturated rings. The van der Waals surface area contributed by atoms with Gasteiger partial charge in [0.05, 0.1) is 10.4 Å². The van der Waals surface area contributed by atoms with Gasteiger partial charge in [-0.3, -0.25) is 5.41 Å². The van der Waals surface area contributed by atoms with Crippen LogP contribution in [-0.2, 0) is 6.61 Å². The Morgan fingerprint density at radius 1 is 1.26 bits per heavy atom. The van der Waals surface area contributed by atoms with E-state index in [9.17, 15) is 4.39 Å². The number of nitrogens with one attached hydrogen (secondary N) is 1. The summed E-state index contributed by atoms with van der Waals surface area (Å²) in [6.07, 6.45) is 0. The van der Waals surface area contributed by atoms with E-state index in [-0.39, 0.29) is 18.0 Å². The lowest BCUT2D eigenvalue weighted by Gasteiger charge is -2.07. The molecule has 23 heavy (non-hydrogen) atoms. The van der Waals surface area contributed by atoms with Crippen molar-refractivity contribution in [1.82, 2.24) is 0 Å². The van der Waals surface area contributed by atoms with Crippen LogP contribution >= 0.6 is 11.3 Å². The zero-order chi connectivity index (χ0) is 16.4. The number of amidine groups is 1. The van der Waals surface area contributed by atoms with Crippen molar-refractivity contribution >= 4 is 27.3 Å². The Morgan fingerprint density at radius 3 is 2.83 bits per heavy atom. The van der Waals surface area contributed by atoms with E-state index in [1.807, 2.05) is 30.3 Å². The maximum Gasteiger partial charge on any atom is 0.140 e. The average Bonchev–Trinajstić information content (AvgIpc) is 2.97. The Balaban J connectivity index is 1.79. The quantitative estimate of drug-likeness (QED) is 0.566. The van der Waals surface area contributed by atoms with Crippen LogP contribution in [0.15, 0.2) is 42.5 Å². The standard InChI is InChI=1S/C17H12FN3OS/c18-14-4-1-10(5-12(14)8-19)9-22-13-3-2-11-6-16(17(20)21)23-15(11)7-13/h1-7H,9H2,(H3,20,21). The minimum absolute atomic E-state index is 0.00547. The van der Waals surface area contributed by atoms with Gasteiger partial charge in [-0.15, -0.1) is 11.3 Å². The minimum atomic E-state index is -0.534. The third kappa shape index (κ3) is 3.15. The van der Waals surface area contributed by atoms with Gasteiger partial charge in [-0.1, -0.05) is 6.07 Å². The maximum atomic E-state index is 13.3. The lowest BCUT2D eigenvalue weighted by Crippen LogP contribution is -2.08. The Morgan fingerprint density at radius 2 is 2.09 bits per heavy atom. The smallest absolute Gasteiger partial charge is 0.140 e. The third-order valence-corrected chi connectivity index (χ3v) is 4.44. The number of hydrogen-bond acceptors (Lipinski definition) is 4. The number of nitrogen functional groups attached to an aromatic ring is 1. The van der Waals surface area contributed by atoms with E-state index in [1.165, 1.54) is 23.5 Å². The second kappa shape index (κ2) is 6.07. The molecule has 0 aliphatic rings. The number of hydrogen-bond donors (Lipinski definition) is 2. The van der Waals surface area contributed by atoms with Crippen LogP contribution in [0.2, 0.25) is 0 Å². The second-order valence-electron chi connectivity index (χ2n) is 4.94. The van der Waals surface area contributed by atoms with Crippen molar-refractivity contribution in [2.75, 3.05) is 0 Å². The first-order valence-corrected chi connectivity index (χ1v) is 7.58. The van der Waals surface area contributed by atoms with E-state index in [1.54, 1.807) is 6.07 Å². The highest BCUT2D eigenvalue weighted by molar-refractivity contribution is 7.20. The van der Waals surface area contributed by atoms with Crippen LogP contribution in [0.25, 0.3) is 10.1 Å². The number of rotatable bonds is 4. The van der Waals surface area contributed by atoms with Gasteiger partial charge in [0.25, 0.3) is 0 Å². The topological polar surface area (TPSA) is 82.9 Å². The summed E-state index contributed by atoms with van der Waals surface area (Å²) >= 11 is 1.43. The Kier molecular flexibility index (Phi) is 3.96. The normalized spacial score (nSPS) is 10.4. The Hall–Kier alpha value is -2.91. The van der Waals surface area contributed by atoms with Gasteiger partial charge in [0.1, 0.15) is 30.1 Å². The molecule has 0 radical (unpaired) electrons. The SMILES string of the molecule is N#Cc1cc(COc2ccc3cc(C(=N)N)sc3c2)ccc1F. The highest BCUT2D eigenvalue weighted by Gasteiger charge is 2.07. The summed E-state index contributed by atoms with van der Waals surface area (Å²) in [5, 5.41) is 17.3. The van der Waals surface area contributed by atoms with Crippen molar-refractivity contribution in [2.24, 2.45) is 5.73 Å². The van der Waals surface area contributed by atoms with Crippen LogP contribution in [0.4, 0.5) is 4.39 Å². The van der Waals surface area contributed by atoms with Crippen LogP contribution in [0.3, 0.4) is 0 Å². The van der Waals surface area contributed by atoms with Crippen molar-refractivity contribution < 1.29 is 9.13 Å². The molecule has 0 atom stereocenters. The molecule has 1 aromatic heterocycles. The molecule has 4 nitrogen and oxygen atoms in total. The third-order valence-electron chi connectivity index (χ3n) is 3.31. The van der Waals surface area contributed by atoms with Crippen LogP contribution in [0.1, 0.15) is 16.0 Å². The van der Waals surface area contributed by atoms with Gasteiger partial charge < -0.3 is 10.5 Å². The van der Waals surface area contributed by atoms with E-state index in [4.69, 9.17) is 21.1 Å². The van der Waals surface area contributed by atoms with Crippen molar-refractivity contribution in [3.05, 3.63) is 64.3 Å². The number of fused-ring (bicyclic) bond motifs is 1. The fourth-order valence-electron chi connectivity index (χ4n) is 2.15. The van der Waals surface area contributed by atoms with Crippen LogP contribution in [0, 0.1) is 22.6 Å². The molecule has 6 heteroatoms. The number of ether oxygens (including phenoxy) is 1. The Labute approximate surface area is 136 Å². The molecule has 3 rings (SSSR count). The largest absolute Gasteiger partial charge is 0.489 e. The van der Waals surface area contributed by atoms with Gasteiger partial charge in [-0.05, 0) is 47.3 Å². The number of nitriles is 1. The van der Waals surface area contributed by atoms with E-state index in [0.29, 0.717) is 10.6 Å². The molecule has 1 heterocycles. The van der Waals surface area contributed by atoms with E-state index in [0.717, 1.165) is 15.6 Å². The summed E-state index contributed by atoms with van der Waals surface area (Å²) in [6, 6.07) is 13.6. The Bertz CT molecular complexity index is 943. The fraction of sp³-hybridized carbons (Fsp3) is 0.0588. The molecule has 0 spiro atoms. The summed E-state index contributed by atoms with van der Waals surface area (Å²) in [5.74, 6) is 0.175. The molecule has 0 amide bonds. The molecule has 0 unspecified atom stereocenters. The van der Waals surface area contributed by atoms with Gasteiger partial charge >= 0.3 is 0 Å². The first-order chi connectivity index (χ1) is 11.1. The zero-order valence-corrected chi connectivity index (χ0v) is 12.8. The number of benzene rings is 2. The fourth-order valence-corrected chi connectivity index (χ4v) is 3.10. The van der Waals surface area contributed by atoms with Crippen molar-refractivity contribution in [3.8, 4) is 11.8 Å². The van der Waals surface area contributed by atoms with Gasteiger partial charge in [0, 0.05) is 4.70 Å². The van der Waals surface area contributed by atoms with Crippen LogP contribution < -0.4 is 10.5 Å². The predicted octanol–water partition coefficient (Wildman–Crippen LogP) is 3.78. The van der Waals surface area contributed by atoms with E-state index in [2.05, 4.69) is 0 Å². The summed E-state index contributed by atoms with van der Waals surface area (Å²) in [4.78, 5) is 0.717. The predicted molar refractivity (Wildman–Crippen MR) is 88.3 cm³/mol. The molecular weight excluding hydrogens is 313 g/mol. The summed E-state index contributed by atoms with van der Waals surface area (Å²) in [7, 11) is 0. The molecule has 2 aromatic carbocycles. The number of nitrogens with zero attached hydrogens (tertiary/aromatic N) is 1. The molecule has 3 N–H and O–H groups in total. The van der Waals surface area contributed by atoms with Gasteiger partial charge in [0.15, 0.2) is 0 Å². The number of halogens is 1. The highest BCUT2D eigenvalue weighted by Crippen LogP contribution is 2.29. The van der Waals surface area contributed by atoms with Gasteiger partial charge in [-0.2, -0.15) is 5.26 Å². The number of nitrogens with two attached hydrogens (primary N) is 1. The lowest BCUT2D eigenvalue weighted by molar-refractivity contribution is 0.306. The highest BCUT2D eigenvalue weighted by atomic mass is 32.1. The lowest BCUT2D eigenvalue weighted by atomic mass is 10.1. The second-order valence-corrected chi connectivity index (χ2v) is 6.02. The molecule has 0 aliphatic carbocycles. The monoisotopic (exact) mass is 325 g/mol. The van der Waals surface area contributed by atoms with Crippen molar-refractivity contribution in [1.29, 1.82) is 10.7 Å². The number of thiophene rings is 1. The van der Waals surface area contributed by atoms with E-state index >= 15 is 0 Å². The van der Waals surface area contributed by atoms with Gasteiger partial charge in [-0.25, -0.2) is 4.39 Å². The molecule has 0 saturated carbocycles. The maximum absolute atomic E-state index is 13.3. The minimum Gasteiger partial charge on any atom is -0.489 e. The first-order valence-electron chi connectivity index (χ1n) is 6.76. The molecule has 0 bridgehead atoms. The van der Waals surface area contributed by atoms with Crippen LogP contribution in [0.5, 0.6) is 5.75 Å².